The summed E-state index contributed by atoms with van der Waals surface area (Å²) in [5.41, 5.74) is 1.11. The first-order chi connectivity index (χ1) is 11.1. The largest absolute Gasteiger partial charge is 0.419 e. The second-order valence-corrected chi connectivity index (χ2v) is 6.29. The molecule has 0 bridgehead atoms. The van der Waals surface area contributed by atoms with Gasteiger partial charge in [0.2, 0.25) is 5.91 Å². The fourth-order valence-electron chi connectivity index (χ4n) is 3.06. The number of halogens is 1. The molecule has 1 aliphatic rings. The maximum Gasteiger partial charge on any atom is 0.419 e. The maximum absolute atomic E-state index is 12.4. The monoisotopic (exact) mass is 337 g/mol. The summed E-state index contributed by atoms with van der Waals surface area (Å²) >= 11 is 5.90. The number of fused-ring (bicyclic) bond motifs is 1. The second kappa shape index (κ2) is 6.76. The van der Waals surface area contributed by atoms with Gasteiger partial charge in [0.15, 0.2) is 5.58 Å². The van der Waals surface area contributed by atoms with Crippen LogP contribution >= 0.6 is 11.6 Å². The van der Waals surface area contributed by atoms with Crippen LogP contribution in [0, 0.1) is 0 Å². The van der Waals surface area contributed by atoms with Crippen molar-refractivity contribution in [3.63, 3.8) is 0 Å². The molecular weight excluding hydrogens is 318 g/mol. The molecule has 0 radical (unpaired) electrons. The SMILES string of the molecule is CNC1CCCN(C(=O)CCn2c(=O)oc3cc(Cl)ccc32)C1. The van der Waals surface area contributed by atoms with E-state index in [-0.39, 0.29) is 12.3 Å². The number of likely N-dealkylation sites (tertiary alicyclic amines) is 1. The average Bonchev–Trinajstić information content (AvgIpc) is 2.87. The van der Waals surface area contributed by atoms with Gasteiger partial charge in [-0.15, -0.1) is 0 Å². The van der Waals surface area contributed by atoms with E-state index < -0.39 is 5.76 Å². The molecule has 0 aliphatic carbocycles. The molecule has 1 unspecified atom stereocenters. The summed E-state index contributed by atoms with van der Waals surface area (Å²) in [4.78, 5) is 26.2. The fraction of sp³-hybridized carbons (Fsp3) is 0.500. The molecule has 1 aromatic heterocycles. The molecule has 1 atom stereocenters. The van der Waals surface area contributed by atoms with E-state index in [1.54, 1.807) is 18.2 Å². The minimum Gasteiger partial charge on any atom is -0.408 e. The van der Waals surface area contributed by atoms with Crippen LogP contribution in [0.4, 0.5) is 0 Å². The topological polar surface area (TPSA) is 67.5 Å². The van der Waals surface area contributed by atoms with Gasteiger partial charge in [-0.2, -0.15) is 0 Å². The Morgan fingerprint density at radius 2 is 2.30 bits per heavy atom. The van der Waals surface area contributed by atoms with E-state index in [0.29, 0.717) is 28.7 Å². The molecular formula is C16H20ClN3O3. The third kappa shape index (κ3) is 3.43. The highest BCUT2D eigenvalue weighted by molar-refractivity contribution is 6.31. The lowest BCUT2D eigenvalue weighted by Crippen LogP contribution is -2.47. The van der Waals surface area contributed by atoms with Crippen LogP contribution in [0.3, 0.4) is 0 Å². The summed E-state index contributed by atoms with van der Waals surface area (Å²) in [7, 11) is 1.92. The highest BCUT2D eigenvalue weighted by Gasteiger charge is 2.22. The van der Waals surface area contributed by atoms with Crippen LogP contribution in [-0.2, 0) is 11.3 Å². The van der Waals surface area contributed by atoms with Crippen molar-refractivity contribution < 1.29 is 9.21 Å². The fourth-order valence-corrected chi connectivity index (χ4v) is 3.22. The molecule has 1 N–H and O–H groups in total. The number of carbonyl (C=O) groups excluding carboxylic acids is 1. The lowest BCUT2D eigenvalue weighted by molar-refractivity contribution is -0.132. The quantitative estimate of drug-likeness (QED) is 0.924. The number of nitrogens with one attached hydrogen (secondary N) is 1. The van der Waals surface area contributed by atoms with Crippen molar-refractivity contribution in [2.45, 2.75) is 31.8 Å². The predicted octanol–water partition coefficient (Wildman–Crippen LogP) is 1.85. The number of benzene rings is 1. The van der Waals surface area contributed by atoms with E-state index in [0.717, 1.165) is 25.9 Å². The molecule has 1 fully saturated rings. The van der Waals surface area contributed by atoms with Crippen LogP contribution in [0.2, 0.25) is 5.02 Å². The van der Waals surface area contributed by atoms with Crippen molar-refractivity contribution in [2.24, 2.45) is 0 Å². The number of likely N-dealkylation sites (N-methyl/N-ethyl adjacent to an activating group) is 1. The van der Waals surface area contributed by atoms with Crippen molar-refractivity contribution in [1.82, 2.24) is 14.8 Å². The van der Waals surface area contributed by atoms with E-state index in [1.807, 2.05) is 11.9 Å². The Bertz CT molecular complexity index is 768. The van der Waals surface area contributed by atoms with Crippen molar-refractivity contribution in [3.05, 3.63) is 33.8 Å². The van der Waals surface area contributed by atoms with Crippen LogP contribution in [0.15, 0.2) is 27.4 Å². The molecule has 3 rings (SSSR count). The number of hydrogen-bond donors (Lipinski definition) is 1. The van der Waals surface area contributed by atoms with E-state index in [1.165, 1.54) is 4.57 Å². The summed E-state index contributed by atoms with van der Waals surface area (Å²) in [6, 6.07) is 5.41. The maximum atomic E-state index is 12.4. The normalized spacial score (nSPS) is 18.5. The lowest BCUT2D eigenvalue weighted by atomic mass is 10.1. The zero-order valence-corrected chi connectivity index (χ0v) is 13.8. The third-order valence-corrected chi connectivity index (χ3v) is 4.60. The molecule has 1 saturated heterocycles. The van der Waals surface area contributed by atoms with Crippen molar-refractivity contribution in [1.29, 1.82) is 0 Å². The Morgan fingerprint density at radius 3 is 3.09 bits per heavy atom. The first-order valence-electron chi connectivity index (χ1n) is 7.82. The van der Waals surface area contributed by atoms with Crippen LogP contribution in [0.1, 0.15) is 19.3 Å². The summed E-state index contributed by atoms with van der Waals surface area (Å²) in [6.07, 6.45) is 2.38. The number of aromatic nitrogens is 1. The second-order valence-electron chi connectivity index (χ2n) is 5.85. The summed E-state index contributed by atoms with van der Waals surface area (Å²) in [6.45, 7) is 1.83. The summed E-state index contributed by atoms with van der Waals surface area (Å²) < 4.78 is 6.67. The number of rotatable bonds is 4. The zero-order valence-electron chi connectivity index (χ0n) is 13.0. The van der Waals surface area contributed by atoms with Gasteiger partial charge in [0.1, 0.15) is 0 Å². The van der Waals surface area contributed by atoms with Gasteiger partial charge < -0.3 is 14.6 Å². The molecule has 2 heterocycles. The average molecular weight is 338 g/mol. The van der Waals surface area contributed by atoms with Crippen molar-refractivity contribution in [2.75, 3.05) is 20.1 Å². The molecule has 6 nitrogen and oxygen atoms in total. The Labute approximate surface area is 139 Å². The van der Waals surface area contributed by atoms with Gasteiger partial charge in [-0.3, -0.25) is 9.36 Å². The van der Waals surface area contributed by atoms with Gasteiger partial charge in [0.25, 0.3) is 0 Å². The van der Waals surface area contributed by atoms with Gasteiger partial charge in [-0.05, 0) is 32.0 Å². The number of amides is 1. The number of oxazole rings is 1. The predicted molar refractivity (Wildman–Crippen MR) is 88.8 cm³/mol. The standard InChI is InChI=1S/C16H20ClN3O3/c1-18-12-3-2-7-19(10-12)15(21)6-8-20-13-5-4-11(17)9-14(13)23-16(20)22/h4-5,9,12,18H,2-3,6-8,10H2,1H3. The van der Waals surface area contributed by atoms with Crippen molar-refractivity contribution in [3.8, 4) is 0 Å². The number of hydrogen-bond acceptors (Lipinski definition) is 4. The molecule has 1 amide bonds. The highest BCUT2D eigenvalue weighted by atomic mass is 35.5. The number of carbonyl (C=O) groups is 1. The first kappa shape index (κ1) is 16.1. The van der Waals surface area contributed by atoms with E-state index in [2.05, 4.69) is 5.32 Å². The minimum atomic E-state index is -0.457. The zero-order chi connectivity index (χ0) is 16.4. The first-order valence-corrected chi connectivity index (χ1v) is 8.20. The van der Waals surface area contributed by atoms with Gasteiger partial charge in [0.05, 0.1) is 5.52 Å². The van der Waals surface area contributed by atoms with Gasteiger partial charge in [0, 0.05) is 43.2 Å². The third-order valence-electron chi connectivity index (χ3n) is 4.36. The summed E-state index contributed by atoms with van der Waals surface area (Å²) in [5, 5.41) is 3.74. The van der Waals surface area contributed by atoms with E-state index in [9.17, 15) is 9.59 Å². The Morgan fingerprint density at radius 1 is 1.48 bits per heavy atom. The Hall–Kier alpha value is -1.79. The van der Waals surface area contributed by atoms with Gasteiger partial charge >= 0.3 is 5.76 Å². The van der Waals surface area contributed by atoms with Crippen molar-refractivity contribution >= 4 is 28.6 Å². The van der Waals surface area contributed by atoms with Crippen LogP contribution in [0.5, 0.6) is 0 Å². The minimum absolute atomic E-state index is 0.0696. The number of nitrogens with zero attached hydrogens (tertiary/aromatic N) is 2. The molecule has 1 aliphatic heterocycles. The lowest BCUT2D eigenvalue weighted by Gasteiger charge is -2.32. The molecule has 7 heteroatoms. The van der Waals surface area contributed by atoms with Gasteiger partial charge in [-0.1, -0.05) is 11.6 Å². The van der Waals surface area contributed by atoms with Gasteiger partial charge in [-0.25, -0.2) is 4.79 Å². The van der Waals surface area contributed by atoms with Crippen LogP contribution in [0.25, 0.3) is 11.1 Å². The Balaban J connectivity index is 1.69. The number of piperidine rings is 1. The van der Waals surface area contributed by atoms with E-state index in [4.69, 9.17) is 16.0 Å². The molecule has 1 aromatic carbocycles. The van der Waals surface area contributed by atoms with Crippen LogP contribution in [-0.4, -0.2) is 41.6 Å². The molecule has 23 heavy (non-hydrogen) atoms. The molecule has 0 saturated carbocycles. The van der Waals surface area contributed by atoms with E-state index >= 15 is 0 Å². The molecule has 124 valence electrons. The molecule has 2 aromatic rings. The smallest absolute Gasteiger partial charge is 0.408 e. The summed E-state index contributed by atoms with van der Waals surface area (Å²) in [5.74, 6) is -0.387. The highest BCUT2D eigenvalue weighted by Crippen LogP contribution is 2.19. The molecule has 0 spiro atoms. The van der Waals surface area contributed by atoms with Crippen LogP contribution < -0.4 is 11.1 Å². The number of aryl methyl sites for hydroxylation is 1. The Kier molecular flexibility index (Phi) is 4.73.